The van der Waals surface area contributed by atoms with Gasteiger partial charge in [-0.15, -0.1) is 25.3 Å². The summed E-state index contributed by atoms with van der Waals surface area (Å²) in [6.07, 6.45) is 0. The van der Waals surface area contributed by atoms with E-state index >= 15 is 0 Å². The number of pyridine rings is 2. The molecule has 4 aromatic carbocycles. The van der Waals surface area contributed by atoms with Crippen molar-refractivity contribution in [3.05, 3.63) is 81.4 Å². The number of fused-ring (bicyclic) bond motifs is 8. The Bertz CT molecular complexity index is 2140. The first-order valence-corrected chi connectivity index (χ1v) is 11.5. The molecule has 0 unspecified atom stereocenters. The first kappa shape index (κ1) is 18.5. The molecule has 0 aliphatic rings. The van der Waals surface area contributed by atoms with Crippen LogP contribution in [0, 0.1) is 0 Å². The topological polar surface area (TPSA) is 68.7 Å². The maximum Gasteiger partial charge on any atom is 0.264 e. The molecule has 0 aliphatic heterocycles. The van der Waals surface area contributed by atoms with Crippen LogP contribution in [0.3, 0.4) is 0 Å². The second kappa shape index (κ2) is 5.97. The van der Waals surface area contributed by atoms with Crippen LogP contribution in [0.4, 0.5) is 0 Å². The lowest BCUT2D eigenvalue weighted by molar-refractivity contribution is 1.18. The SMILES string of the molecule is O=c1c2ccc3c4c(ccc(c24)c2nc4cc(S)ccc4n12)c(=O)n1c2ccc(S)cc2nc31. The van der Waals surface area contributed by atoms with E-state index in [1.54, 1.807) is 8.80 Å². The largest absolute Gasteiger partial charge is 0.268 e. The summed E-state index contributed by atoms with van der Waals surface area (Å²) in [7, 11) is 0. The van der Waals surface area contributed by atoms with Crippen LogP contribution >= 0.6 is 25.3 Å². The molecular weight excluding hydrogens is 464 g/mol. The standard InChI is InChI=1S/C26H12N4O2S2/c31-25-15-5-4-14-22-16(26(32)30-20-8-2-12(34)10-18(20)28-24(14)30)6-3-13(21(15)22)23-27-17-9-11(33)1-7-19(17)29(23)25/h1-10,33-34H. The zero-order valence-corrected chi connectivity index (χ0v) is 19.1. The number of benzene rings is 4. The molecule has 8 rings (SSSR count). The number of imidazole rings is 2. The zero-order valence-electron chi connectivity index (χ0n) is 17.3. The van der Waals surface area contributed by atoms with Gasteiger partial charge in [0.15, 0.2) is 0 Å². The molecule has 0 bridgehead atoms. The molecule has 8 aromatic rings. The fourth-order valence-corrected chi connectivity index (χ4v) is 5.77. The molecule has 0 saturated carbocycles. The van der Waals surface area contributed by atoms with E-state index in [1.165, 1.54) is 0 Å². The summed E-state index contributed by atoms with van der Waals surface area (Å²) in [6.45, 7) is 0. The van der Waals surface area contributed by atoms with Gasteiger partial charge in [-0.05, 0) is 60.7 Å². The summed E-state index contributed by atoms with van der Waals surface area (Å²) in [5.41, 5.74) is 3.69. The third-order valence-electron chi connectivity index (χ3n) is 6.79. The Morgan fingerprint density at radius 2 is 0.971 bits per heavy atom. The second-order valence-corrected chi connectivity index (χ2v) is 9.60. The molecule has 0 radical (unpaired) electrons. The Kier molecular flexibility index (Phi) is 3.25. The number of aromatic nitrogens is 4. The highest BCUT2D eigenvalue weighted by Crippen LogP contribution is 2.36. The molecule has 0 atom stereocenters. The number of rotatable bonds is 0. The summed E-state index contributed by atoms with van der Waals surface area (Å²) in [5, 5.41) is 4.23. The predicted octanol–water partition coefficient (Wildman–Crippen LogP) is 4.92. The molecule has 0 saturated heterocycles. The van der Waals surface area contributed by atoms with Gasteiger partial charge in [0.1, 0.15) is 11.3 Å². The van der Waals surface area contributed by atoms with Gasteiger partial charge in [-0.2, -0.15) is 0 Å². The molecule has 0 N–H and O–H groups in total. The maximum atomic E-state index is 13.7. The fraction of sp³-hybridized carbons (Fsp3) is 0. The maximum absolute atomic E-state index is 13.7. The average molecular weight is 477 g/mol. The number of thiol groups is 2. The van der Waals surface area contributed by atoms with E-state index < -0.39 is 0 Å². The van der Waals surface area contributed by atoms with Crippen molar-refractivity contribution < 1.29 is 0 Å². The monoisotopic (exact) mass is 476 g/mol. The molecule has 0 amide bonds. The van der Waals surface area contributed by atoms with Gasteiger partial charge in [0.25, 0.3) is 11.1 Å². The van der Waals surface area contributed by atoms with Crippen LogP contribution in [0.1, 0.15) is 0 Å². The normalized spacial score (nSPS) is 12.6. The van der Waals surface area contributed by atoms with Gasteiger partial charge in [0.2, 0.25) is 0 Å². The summed E-state index contributed by atoms with van der Waals surface area (Å²) in [5.74, 6) is 0. The van der Waals surface area contributed by atoms with Gasteiger partial charge in [-0.25, -0.2) is 9.97 Å². The van der Waals surface area contributed by atoms with Crippen molar-refractivity contribution >= 4 is 90.9 Å². The molecular formula is C26H12N4O2S2. The predicted molar refractivity (Wildman–Crippen MR) is 141 cm³/mol. The van der Waals surface area contributed by atoms with Crippen molar-refractivity contribution in [1.82, 2.24) is 18.8 Å². The number of hydrogen-bond donors (Lipinski definition) is 2. The highest BCUT2D eigenvalue weighted by Gasteiger charge is 2.22. The Hall–Kier alpha value is -3.88. The molecule has 0 spiro atoms. The Labute approximate surface area is 200 Å². The van der Waals surface area contributed by atoms with E-state index in [1.807, 2.05) is 60.7 Å². The Morgan fingerprint density at radius 1 is 0.559 bits per heavy atom. The molecule has 6 nitrogen and oxygen atoms in total. The third-order valence-corrected chi connectivity index (χ3v) is 7.34. The summed E-state index contributed by atoms with van der Waals surface area (Å²) < 4.78 is 3.30. The van der Waals surface area contributed by atoms with Crippen molar-refractivity contribution in [3.63, 3.8) is 0 Å². The van der Waals surface area contributed by atoms with Crippen LogP contribution in [-0.4, -0.2) is 18.8 Å². The van der Waals surface area contributed by atoms with Gasteiger partial charge >= 0.3 is 0 Å². The lowest BCUT2D eigenvalue weighted by atomic mass is 9.96. The fourth-order valence-electron chi connectivity index (χ4n) is 5.38. The van der Waals surface area contributed by atoms with Crippen LogP contribution in [0.15, 0.2) is 80.0 Å². The highest BCUT2D eigenvalue weighted by atomic mass is 32.1. The minimum atomic E-state index is -0.160. The van der Waals surface area contributed by atoms with Crippen LogP contribution in [0.2, 0.25) is 0 Å². The quantitative estimate of drug-likeness (QED) is 0.241. The minimum absolute atomic E-state index is 0.160. The molecule has 160 valence electrons. The third kappa shape index (κ3) is 2.06. The van der Waals surface area contributed by atoms with Crippen molar-refractivity contribution in [2.45, 2.75) is 9.79 Å². The van der Waals surface area contributed by atoms with Crippen LogP contribution < -0.4 is 11.1 Å². The van der Waals surface area contributed by atoms with Crippen LogP contribution in [0.5, 0.6) is 0 Å². The van der Waals surface area contributed by atoms with Gasteiger partial charge < -0.3 is 0 Å². The minimum Gasteiger partial charge on any atom is -0.268 e. The van der Waals surface area contributed by atoms with Gasteiger partial charge in [0.05, 0.1) is 22.1 Å². The Morgan fingerprint density at radius 3 is 1.41 bits per heavy atom. The molecule has 8 heteroatoms. The van der Waals surface area contributed by atoms with Gasteiger partial charge in [-0.3, -0.25) is 18.4 Å². The lowest BCUT2D eigenvalue weighted by Gasteiger charge is -2.12. The highest BCUT2D eigenvalue weighted by molar-refractivity contribution is 7.80. The molecule has 0 aliphatic carbocycles. The Balaban J connectivity index is 1.69. The molecule has 4 heterocycles. The van der Waals surface area contributed by atoms with E-state index in [-0.39, 0.29) is 11.1 Å². The summed E-state index contributed by atoms with van der Waals surface area (Å²) >= 11 is 8.84. The molecule has 0 fully saturated rings. The van der Waals surface area contributed by atoms with Gasteiger partial charge in [-0.1, -0.05) is 0 Å². The number of hydrogen-bond acceptors (Lipinski definition) is 6. The summed E-state index contributed by atoms with van der Waals surface area (Å²) in [6, 6.07) is 18.6. The molecule has 34 heavy (non-hydrogen) atoms. The average Bonchev–Trinajstić information content (AvgIpc) is 3.39. The van der Waals surface area contributed by atoms with E-state index in [4.69, 9.17) is 9.97 Å². The lowest BCUT2D eigenvalue weighted by Crippen LogP contribution is -2.16. The van der Waals surface area contributed by atoms with Crippen molar-refractivity contribution in [2.24, 2.45) is 0 Å². The van der Waals surface area contributed by atoms with Crippen LogP contribution in [-0.2, 0) is 0 Å². The van der Waals surface area contributed by atoms with Crippen molar-refractivity contribution in [2.75, 3.05) is 0 Å². The molecule has 4 aromatic heterocycles. The first-order valence-electron chi connectivity index (χ1n) is 10.6. The smallest absolute Gasteiger partial charge is 0.264 e. The van der Waals surface area contributed by atoms with E-state index in [9.17, 15) is 9.59 Å². The first-order chi connectivity index (χ1) is 16.5. The van der Waals surface area contributed by atoms with Crippen molar-refractivity contribution in [3.8, 4) is 0 Å². The van der Waals surface area contributed by atoms with E-state index in [0.29, 0.717) is 33.1 Å². The van der Waals surface area contributed by atoms with E-state index in [0.717, 1.165) is 42.4 Å². The summed E-state index contributed by atoms with van der Waals surface area (Å²) in [4.78, 5) is 38.5. The van der Waals surface area contributed by atoms with E-state index in [2.05, 4.69) is 25.3 Å². The van der Waals surface area contributed by atoms with Crippen LogP contribution in [0.25, 0.3) is 65.7 Å². The number of nitrogens with zero attached hydrogens (tertiary/aromatic N) is 4. The second-order valence-electron chi connectivity index (χ2n) is 8.57. The zero-order chi connectivity index (χ0) is 22.9. The van der Waals surface area contributed by atoms with Gasteiger partial charge in [0, 0.05) is 42.1 Å². The van der Waals surface area contributed by atoms with Crippen molar-refractivity contribution in [1.29, 1.82) is 0 Å².